The topological polar surface area (TPSA) is 99.7 Å². The van der Waals surface area contributed by atoms with Crippen molar-refractivity contribution in [1.29, 1.82) is 0 Å². The van der Waals surface area contributed by atoms with E-state index in [4.69, 9.17) is 0 Å². The molecule has 0 aliphatic carbocycles. The summed E-state index contributed by atoms with van der Waals surface area (Å²) in [6, 6.07) is 3.66. The highest BCUT2D eigenvalue weighted by atomic mass is 32.2. The Morgan fingerprint density at radius 1 is 1.13 bits per heavy atom. The highest BCUT2D eigenvalue weighted by Gasteiger charge is 2.47. The van der Waals surface area contributed by atoms with E-state index in [0.717, 1.165) is 34.7 Å². The number of amides is 3. The molecule has 1 N–H and O–H groups in total. The normalized spacial score (nSPS) is 17.4. The maximum Gasteiger partial charge on any atom is 0.501 e. The SMILES string of the molecule is CCNc1cnccc1CN1C(=O)N(c2ccc(S(=O)(=O)C(F)(F)F)cc2)C(=O)C1C. The molecule has 2 heterocycles. The monoisotopic (exact) mass is 456 g/mol. The number of halogens is 3. The maximum absolute atomic E-state index is 12.9. The number of benzene rings is 1. The zero-order valence-electron chi connectivity index (χ0n) is 16.5. The molecule has 1 saturated heterocycles. The number of nitrogens with zero attached hydrogens (tertiary/aromatic N) is 3. The molecule has 166 valence electrons. The van der Waals surface area contributed by atoms with E-state index in [2.05, 4.69) is 10.3 Å². The molecule has 1 aliphatic heterocycles. The van der Waals surface area contributed by atoms with Crippen LogP contribution in [-0.4, -0.2) is 48.3 Å². The minimum absolute atomic E-state index is 0.0212. The Morgan fingerprint density at radius 2 is 1.77 bits per heavy atom. The van der Waals surface area contributed by atoms with Gasteiger partial charge in [0.05, 0.1) is 29.0 Å². The van der Waals surface area contributed by atoms with Crippen LogP contribution in [0.4, 0.5) is 29.3 Å². The van der Waals surface area contributed by atoms with Crippen molar-refractivity contribution < 1.29 is 31.2 Å². The molecule has 1 aromatic carbocycles. The summed E-state index contributed by atoms with van der Waals surface area (Å²) in [5.41, 5.74) is -4.03. The number of imide groups is 1. The molecule has 1 fully saturated rings. The first-order valence-corrected chi connectivity index (χ1v) is 10.7. The van der Waals surface area contributed by atoms with Crippen molar-refractivity contribution in [3.05, 3.63) is 48.3 Å². The highest BCUT2D eigenvalue weighted by molar-refractivity contribution is 7.92. The van der Waals surface area contributed by atoms with Crippen LogP contribution in [0.25, 0.3) is 0 Å². The van der Waals surface area contributed by atoms with Gasteiger partial charge in [0.15, 0.2) is 0 Å². The molecule has 0 bridgehead atoms. The highest BCUT2D eigenvalue weighted by Crippen LogP contribution is 2.33. The van der Waals surface area contributed by atoms with Crippen molar-refractivity contribution in [2.24, 2.45) is 0 Å². The Morgan fingerprint density at radius 3 is 2.35 bits per heavy atom. The summed E-state index contributed by atoms with van der Waals surface area (Å²) < 4.78 is 61.2. The molecule has 31 heavy (non-hydrogen) atoms. The number of nitrogens with one attached hydrogen (secondary N) is 1. The number of hydrogen-bond acceptors (Lipinski definition) is 6. The summed E-state index contributed by atoms with van der Waals surface area (Å²) in [5, 5.41) is 3.12. The Bertz CT molecular complexity index is 1100. The van der Waals surface area contributed by atoms with Gasteiger partial charge in [-0.05, 0) is 49.7 Å². The van der Waals surface area contributed by atoms with Crippen molar-refractivity contribution in [3.8, 4) is 0 Å². The summed E-state index contributed by atoms with van der Waals surface area (Å²) in [4.78, 5) is 30.8. The van der Waals surface area contributed by atoms with Gasteiger partial charge < -0.3 is 10.2 Å². The first-order valence-electron chi connectivity index (χ1n) is 9.21. The summed E-state index contributed by atoms with van der Waals surface area (Å²) in [7, 11) is -5.53. The molecule has 0 saturated carbocycles. The van der Waals surface area contributed by atoms with Gasteiger partial charge in [-0.25, -0.2) is 18.1 Å². The second kappa shape index (κ2) is 8.17. The maximum atomic E-state index is 12.9. The first kappa shape index (κ1) is 22.5. The molecule has 3 rings (SSSR count). The number of carbonyl (C=O) groups excluding carboxylic acids is 2. The van der Waals surface area contributed by atoms with E-state index in [9.17, 15) is 31.2 Å². The van der Waals surface area contributed by atoms with E-state index in [1.54, 1.807) is 18.5 Å². The second-order valence-corrected chi connectivity index (χ2v) is 8.71. The largest absolute Gasteiger partial charge is 0.501 e. The molecule has 3 amide bonds. The number of carbonyl (C=O) groups is 2. The number of pyridine rings is 1. The van der Waals surface area contributed by atoms with E-state index < -0.39 is 38.2 Å². The van der Waals surface area contributed by atoms with E-state index >= 15 is 0 Å². The van der Waals surface area contributed by atoms with Gasteiger partial charge in [0.1, 0.15) is 6.04 Å². The fourth-order valence-corrected chi connectivity index (χ4v) is 3.91. The van der Waals surface area contributed by atoms with Gasteiger partial charge in [0.25, 0.3) is 15.7 Å². The van der Waals surface area contributed by atoms with E-state index in [1.807, 2.05) is 6.92 Å². The fourth-order valence-electron chi connectivity index (χ4n) is 3.15. The number of anilines is 2. The van der Waals surface area contributed by atoms with Crippen LogP contribution in [-0.2, 0) is 21.2 Å². The average molecular weight is 456 g/mol. The molecule has 12 heteroatoms. The zero-order valence-corrected chi connectivity index (χ0v) is 17.4. The Kier molecular flexibility index (Phi) is 5.94. The smallest absolute Gasteiger partial charge is 0.384 e. The summed E-state index contributed by atoms with van der Waals surface area (Å²) >= 11 is 0. The van der Waals surface area contributed by atoms with Crippen LogP contribution in [0.5, 0.6) is 0 Å². The second-order valence-electron chi connectivity index (χ2n) is 6.77. The van der Waals surface area contributed by atoms with Crippen LogP contribution in [0.3, 0.4) is 0 Å². The predicted molar refractivity (Wildman–Crippen MR) is 106 cm³/mol. The van der Waals surface area contributed by atoms with Gasteiger partial charge in [-0.3, -0.25) is 9.78 Å². The number of rotatable bonds is 6. The molecule has 0 spiro atoms. The van der Waals surface area contributed by atoms with E-state index in [1.165, 1.54) is 11.8 Å². The molecular formula is C19H19F3N4O4S. The number of sulfone groups is 1. The first-order chi connectivity index (χ1) is 14.5. The average Bonchev–Trinajstić information content (AvgIpc) is 2.92. The Labute approximate surface area is 176 Å². The number of hydrogen-bond donors (Lipinski definition) is 1. The van der Waals surface area contributed by atoms with Crippen molar-refractivity contribution in [2.45, 2.75) is 36.8 Å². The standard InChI is InChI=1S/C19H19F3N4O4S/c1-3-24-16-10-23-9-8-13(16)11-25-12(2)17(27)26(18(25)28)14-4-6-15(7-5-14)31(29,30)19(20,21)22/h4-10,12,24H,3,11H2,1-2H3. The lowest BCUT2D eigenvalue weighted by molar-refractivity contribution is -0.119. The van der Waals surface area contributed by atoms with Crippen molar-refractivity contribution in [1.82, 2.24) is 9.88 Å². The third kappa shape index (κ3) is 4.07. The summed E-state index contributed by atoms with van der Waals surface area (Å²) in [5.74, 6) is -0.574. The molecule has 1 aromatic heterocycles. The van der Waals surface area contributed by atoms with Crippen LogP contribution < -0.4 is 10.2 Å². The van der Waals surface area contributed by atoms with Gasteiger partial charge in [-0.15, -0.1) is 0 Å². The molecular weight excluding hydrogens is 437 g/mol. The van der Waals surface area contributed by atoms with Gasteiger partial charge in [-0.2, -0.15) is 13.2 Å². The molecule has 1 unspecified atom stereocenters. The van der Waals surface area contributed by atoms with Crippen molar-refractivity contribution in [2.75, 3.05) is 16.8 Å². The van der Waals surface area contributed by atoms with E-state index in [-0.39, 0.29) is 12.2 Å². The lowest BCUT2D eigenvalue weighted by Gasteiger charge is -2.21. The zero-order chi connectivity index (χ0) is 23.0. The number of urea groups is 1. The predicted octanol–water partition coefficient (Wildman–Crippen LogP) is 3.16. The lowest BCUT2D eigenvalue weighted by Crippen LogP contribution is -2.33. The summed E-state index contributed by atoms with van der Waals surface area (Å²) in [6.07, 6.45) is 3.16. The minimum atomic E-state index is -5.53. The summed E-state index contributed by atoms with van der Waals surface area (Å²) in [6.45, 7) is 4.17. The van der Waals surface area contributed by atoms with Crippen LogP contribution in [0.2, 0.25) is 0 Å². The van der Waals surface area contributed by atoms with Crippen LogP contribution in [0.15, 0.2) is 47.6 Å². The van der Waals surface area contributed by atoms with Crippen LogP contribution in [0.1, 0.15) is 19.4 Å². The van der Waals surface area contributed by atoms with Crippen molar-refractivity contribution >= 4 is 33.2 Å². The molecule has 2 aromatic rings. The van der Waals surface area contributed by atoms with Gasteiger partial charge in [0.2, 0.25) is 0 Å². The molecule has 1 aliphatic rings. The molecule has 1 atom stereocenters. The number of alkyl halides is 3. The van der Waals surface area contributed by atoms with Crippen LogP contribution in [0, 0.1) is 0 Å². The third-order valence-corrected chi connectivity index (χ3v) is 6.31. The van der Waals surface area contributed by atoms with Gasteiger partial charge >= 0.3 is 11.5 Å². The quantitative estimate of drug-likeness (QED) is 0.671. The van der Waals surface area contributed by atoms with Crippen molar-refractivity contribution in [3.63, 3.8) is 0 Å². The van der Waals surface area contributed by atoms with Gasteiger partial charge in [-0.1, -0.05) is 0 Å². The van der Waals surface area contributed by atoms with Crippen LogP contribution >= 0.6 is 0 Å². The fraction of sp³-hybridized carbons (Fsp3) is 0.316. The Hall–Kier alpha value is -3.15. The Balaban J connectivity index is 1.88. The van der Waals surface area contributed by atoms with Gasteiger partial charge in [0, 0.05) is 12.7 Å². The minimum Gasteiger partial charge on any atom is -0.384 e. The third-order valence-electron chi connectivity index (χ3n) is 4.81. The molecule has 0 radical (unpaired) electrons. The van der Waals surface area contributed by atoms with E-state index in [0.29, 0.717) is 12.2 Å². The molecule has 8 nitrogen and oxygen atoms in total. The number of aromatic nitrogens is 1. The lowest BCUT2D eigenvalue weighted by atomic mass is 10.2.